The maximum absolute atomic E-state index is 12.3. The van der Waals surface area contributed by atoms with Crippen LogP contribution >= 0.6 is 0 Å². The SMILES string of the molecule is CCCCCCCC/C=C\CCCCCCCC(=O)OCCN(C)C(=O)c1ccc(C)cc1. The molecule has 1 aromatic rings. The lowest BCUT2D eigenvalue weighted by molar-refractivity contribution is -0.144. The summed E-state index contributed by atoms with van der Waals surface area (Å²) in [5.74, 6) is -0.216. The lowest BCUT2D eigenvalue weighted by Gasteiger charge is -2.17. The molecule has 0 aliphatic carbocycles. The molecule has 1 aromatic carbocycles. The first kappa shape index (κ1) is 28.9. The molecule has 0 aliphatic rings. The van der Waals surface area contributed by atoms with Crippen molar-refractivity contribution in [1.82, 2.24) is 4.90 Å². The van der Waals surface area contributed by atoms with Gasteiger partial charge < -0.3 is 9.64 Å². The quantitative estimate of drug-likeness (QED) is 0.122. The second-order valence-electron chi connectivity index (χ2n) is 9.15. The normalized spacial score (nSPS) is 11.1. The van der Waals surface area contributed by atoms with Crippen molar-refractivity contribution in [3.8, 4) is 0 Å². The van der Waals surface area contributed by atoms with Crippen LogP contribution in [0.5, 0.6) is 0 Å². The van der Waals surface area contributed by atoms with E-state index in [9.17, 15) is 9.59 Å². The Balaban J connectivity index is 1.93. The zero-order valence-electron chi connectivity index (χ0n) is 21.4. The third-order valence-electron chi connectivity index (χ3n) is 5.98. The minimum absolute atomic E-state index is 0.0525. The van der Waals surface area contributed by atoms with Gasteiger partial charge in [0.15, 0.2) is 0 Å². The molecule has 0 fully saturated rings. The van der Waals surface area contributed by atoms with Crippen LogP contribution in [0.2, 0.25) is 0 Å². The molecule has 1 rings (SSSR count). The van der Waals surface area contributed by atoms with Crippen LogP contribution in [0.15, 0.2) is 36.4 Å². The molecule has 0 aromatic heterocycles. The van der Waals surface area contributed by atoms with Crippen LogP contribution in [-0.2, 0) is 9.53 Å². The van der Waals surface area contributed by atoms with Crippen LogP contribution in [0.4, 0.5) is 0 Å². The number of carbonyl (C=O) groups excluding carboxylic acids is 2. The highest BCUT2D eigenvalue weighted by molar-refractivity contribution is 5.94. The number of allylic oxidation sites excluding steroid dienone is 2. The predicted molar refractivity (Wildman–Crippen MR) is 139 cm³/mol. The molecule has 0 radical (unpaired) electrons. The molecule has 33 heavy (non-hydrogen) atoms. The highest BCUT2D eigenvalue weighted by Crippen LogP contribution is 2.10. The topological polar surface area (TPSA) is 46.6 Å². The number of benzene rings is 1. The Labute approximate surface area is 202 Å². The van der Waals surface area contributed by atoms with E-state index in [1.165, 1.54) is 70.6 Å². The third-order valence-corrected chi connectivity index (χ3v) is 5.98. The number of hydrogen-bond acceptors (Lipinski definition) is 3. The van der Waals surface area contributed by atoms with Crippen molar-refractivity contribution in [2.45, 2.75) is 104 Å². The van der Waals surface area contributed by atoms with Crippen LogP contribution in [0.1, 0.15) is 113 Å². The van der Waals surface area contributed by atoms with Gasteiger partial charge in [-0.15, -0.1) is 0 Å². The maximum Gasteiger partial charge on any atom is 0.305 e. The Kier molecular flexibility index (Phi) is 17.0. The van der Waals surface area contributed by atoms with E-state index in [1.807, 2.05) is 31.2 Å². The molecule has 0 saturated heterocycles. The molecule has 0 bridgehead atoms. The number of nitrogens with zero attached hydrogens (tertiary/aromatic N) is 1. The fourth-order valence-electron chi connectivity index (χ4n) is 3.73. The zero-order valence-corrected chi connectivity index (χ0v) is 21.4. The molecule has 186 valence electrons. The van der Waals surface area contributed by atoms with Gasteiger partial charge in [0.1, 0.15) is 6.61 Å². The van der Waals surface area contributed by atoms with Gasteiger partial charge in [0, 0.05) is 19.0 Å². The summed E-state index contributed by atoms with van der Waals surface area (Å²) in [6, 6.07) is 7.50. The number of esters is 1. The monoisotopic (exact) mass is 457 g/mol. The average Bonchev–Trinajstić information content (AvgIpc) is 2.81. The van der Waals surface area contributed by atoms with Gasteiger partial charge in [0.05, 0.1) is 6.54 Å². The van der Waals surface area contributed by atoms with E-state index in [0.717, 1.165) is 18.4 Å². The Hall–Kier alpha value is -2.10. The number of amides is 1. The molecule has 0 atom stereocenters. The Morgan fingerprint density at radius 2 is 1.36 bits per heavy atom. The molecule has 0 unspecified atom stereocenters. The van der Waals surface area contributed by atoms with E-state index in [2.05, 4.69) is 19.1 Å². The summed E-state index contributed by atoms with van der Waals surface area (Å²) in [4.78, 5) is 25.8. The van der Waals surface area contributed by atoms with E-state index in [0.29, 0.717) is 18.5 Å². The van der Waals surface area contributed by atoms with Crippen LogP contribution in [0.25, 0.3) is 0 Å². The van der Waals surface area contributed by atoms with Crippen LogP contribution < -0.4 is 0 Å². The predicted octanol–water partition coefficient (Wildman–Crippen LogP) is 7.65. The smallest absolute Gasteiger partial charge is 0.305 e. The van der Waals surface area contributed by atoms with E-state index in [1.54, 1.807) is 11.9 Å². The highest BCUT2D eigenvalue weighted by atomic mass is 16.5. The molecule has 0 N–H and O–H groups in total. The van der Waals surface area contributed by atoms with Crippen molar-refractivity contribution in [2.24, 2.45) is 0 Å². The fraction of sp³-hybridized carbons (Fsp3) is 0.655. The maximum atomic E-state index is 12.3. The number of rotatable bonds is 19. The second kappa shape index (κ2) is 19.4. The number of ether oxygens (including phenoxy) is 1. The molecule has 0 spiro atoms. The second-order valence-corrected chi connectivity index (χ2v) is 9.15. The van der Waals surface area contributed by atoms with Crippen molar-refractivity contribution in [3.05, 3.63) is 47.5 Å². The van der Waals surface area contributed by atoms with Gasteiger partial charge in [-0.2, -0.15) is 0 Å². The first-order chi connectivity index (χ1) is 16.0. The minimum atomic E-state index is -0.163. The van der Waals surface area contributed by atoms with Gasteiger partial charge >= 0.3 is 5.97 Å². The van der Waals surface area contributed by atoms with Crippen molar-refractivity contribution in [3.63, 3.8) is 0 Å². The van der Waals surface area contributed by atoms with Gasteiger partial charge in [-0.05, 0) is 51.2 Å². The lowest BCUT2D eigenvalue weighted by Crippen LogP contribution is -2.30. The van der Waals surface area contributed by atoms with E-state index < -0.39 is 0 Å². The summed E-state index contributed by atoms with van der Waals surface area (Å²) in [6.07, 6.45) is 21.3. The molecule has 4 nitrogen and oxygen atoms in total. The van der Waals surface area contributed by atoms with Crippen molar-refractivity contribution in [1.29, 1.82) is 0 Å². The molecule has 4 heteroatoms. The van der Waals surface area contributed by atoms with Gasteiger partial charge in [-0.1, -0.05) is 88.1 Å². The molecule has 1 amide bonds. The zero-order chi connectivity index (χ0) is 24.2. The summed E-state index contributed by atoms with van der Waals surface area (Å²) in [7, 11) is 1.74. The van der Waals surface area contributed by atoms with Crippen molar-refractivity contribution in [2.75, 3.05) is 20.2 Å². The average molecular weight is 458 g/mol. The Bertz CT molecular complexity index is 666. The molecule has 0 saturated carbocycles. The third kappa shape index (κ3) is 15.4. The van der Waals surface area contributed by atoms with Crippen molar-refractivity contribution >= 4 is 11.9 Å². The first-order valence-corrected chi connectivity index (χ1v) is 13.2. The van der Waals surface area contributed by atoms with Gasteiger partial charge in [-0.25, -0.2) is 0 Å². The number of unbranched alkanes of at least 4 members (excludes halogenated alkanes) is 11. The van der Waals surface area contributed by atoms with Crippen molar-refractivity contribution < 1.29 is 14.3 Å². The molecular weight excluding hydrogens is 410 g/mol. The number of carbonyl (C=O) groups is 2. The fourth-order valence-corrected chi connectivity index (χ4v) is 3.73. The summed E-state index contributed by atoms with van der Waals surface area (Å²) in [5.41, 5.74) is 1.78. The molecular formula is C29H47NO3. The number of likely N-dealkylation sites (N-methyl/N-ethyl adjacent to an activating group) is 1. The highest BCUT2D eigenvalue weighted by Gasteiger charge is 2.12. The standard InChI is InChI=1S/C29H47NO3/c1-4-5-6-7-8-9-10-11-12-13-14-15-16-17-18-19-28(31)33-25-24-30(3)29(32)27-22-20-26(2)21-23-27/h11-12,20-23H,4-10,13-19,24-25H2,1-3H3/b12-11-. The molecule has 0 heterocycles. The lowest BCUT2D eigenvalue weighted by atomic mass is 10.1. The van der Waals surface area contributed by atoms with Crippen LogP contribution in [-0.4, -0.2) is 37.0 Å². The Morgan fingerprint density at radius 3 is 1.97 bits per heavy atom. The summed E-state index contributed by atoms with van der Waals surface area (Å²) in [5, 5.41) is 0. The summed E-state index contributed by atoms with van der Waals surface area (Å²) >= 11 is 0. The van der Waals surface area contributed by atoms with E-state index in [-0.39, 0.29) is 18.5 Å². The van der Waals surface area contributed by atoms with Gasteiger partial charge in [-0.3, -0.25) is 9.59 Å². The number of hydrogen-bond donors (Lipinski definition) is 0. The largest absolute Gasteiger partial charge is 0.464 e. The Morgan fingerprint density at radius 1 is 0.818 bits per heavy atom. The first-order valence-electron chi connectivity index (χ1n) is 13.2. The van der Waals surface area contributed by atoms with E-state index in [4.69, 9.17) is 4.74 Å². The van der Waals surface area contributed by atoms with E-state index >= 15 is 0 Å². The summed E-state index contributed by atoms with van der Waals surface area (Å²) < 4.78 is 5.29. The van der Waals surface area contributed by atoms with Gasteiger partial charge in [0.25, 0.3) is 5.91 Å². The minimum Gasteiger partial charge on any atom is -0.464 e. The van der Waals surface area contributed by atoms with Crippen LogP contribution in [0.3, 0.4) is 0 Å². The van der Waals surface area contributed by atoms with Crippen LogP contribution in [0, 0.1) is 6.92 Å². The van der Waals surface area contributed by atoms with Gasteiger partial charge in [0.2, 0.25) is 0 Å². The number of aryl methyl sites for hydroxylation is 1. The summed E-state index contributed by atoms with van der Waals surface area (Å²) in [6.45, 7) is 4.91. The molecule has 0 aliphatic heterocycles.